The monoisotopic (exact) mass is 308 g/mol. The first kappa shape index (κ1) is 15.3. The molecule has 1 heterocycles. The summed E-state index contributed by atoms with van der Waals surface area (Å²) < 4.78 is 25.4. The van der Waals surface area contributed by atoms with E-state index in [-0.39, 0.29) is 12.2 Å². The fraction of sp³-hybridized carbons (Fsp3) is 0.500. The van der Waals surface area contributed by atoms with Gasteiger partial charge in [0.25, 0.3) is 0 Å². The Labute approximate surface area is 113 Å². The lowest BCUT2D eigenvalue weighted by Crippen LogP contribution is -2.43. The summed E-state index contributed by atoms with van der Waals surface area (Å²) >= 11 is 0.928. The molecule has 0 saturated heterocycles. The molecule has 0 saturated carbocycles. The SMILES string of the molecule is CS(=O)(=O)CCC(NC(=O)Nc1cnns1)C(=O)O. The highest BCUT2D eigenvalue weighted by Gasteiger charge is 2.21. The van der Waals surface area contributed by atoms with Crippen LogP contribution < -0.4 is 10.6 Å². The number of anilines is 1. The number of amides is 2. The maximum atomic E-state index is 11.5. The minimum atomic E-state index is -3.29. The zero-order valence-electron chi connectivity index (χ0n) is 9.86. The molecule has 3 N–H and O–H groups in total. The van der Waals surface area contributed by atoms with E-state index in [1.54, 1.807) is 0 Å². The smallest absolute Gasteiger partial charge is 0.326 e. The summed E-state index contributed by atoms with van der Waals surface area (Å²) in [6.45, 7) is 0. The molecule has 1 aromatic rings. The Morgan fingerprint density at radius 2 is 2.21 bits per heavy atom. The van der Waals surface area contributed by atoms with Gasteiger partial charge in [0.15, 0.2) is 0 Å². The predicted molar refractivity (Wildman–Crippen MR) is 67.8 cm³/mol. The molecular formula is C8H12N4O5S2. The van der Waals surface area contributed by atoms with E-state index < -0.39 is 27.9 Å². The van der Waals surface area contributed by atoms with Crippen LogP contribution >= 0.6 is 11.5 Å². The van der Waals surface area contributed by atoms with Crippen molar-refractivity contribution in [3.63, 3.8) is 0 Å². The van der Waals surface area contributed by atoms with E-state index in [4.69, 9.17) is 5.11 Å². The summed E-state index contributed by atoms with van der Waals surface area (Å²) in [5.74, 6) is -1.63. The molecule has 11 heteroatoms. The van der Waals surface area contributed by atoms with Gasteiger partial charge in [-0.1, -0.05) is 4.49 Å². The Morgan fingerprint density at radius 1 is 1.53 bits per heavy atom. The molecule has 1 aromatic heterocycles. The molecule has 2 amide bonds. The maximum Gasteiger partial charge on any atom is 0.326 e. The van der Waals surface area contributed by atoms with Crippen LogP contribution in [0.3, 0.4) is 0 Å². The Balaban J connectivity index is 2.53. The molecule has 0 fully saturated rings. The highest BCUT2D eigenvalue weighted by molar-refractivity contribution is 7.90. The number of urea groups is 1. The molecule has 0 bridgehead atoms. The number of carbonyl (C=O) groups excluding carboxylic acids is 1. The van der Waals surface area contributed by atoms with Crippen LogP contribution in [0.4, 0.5) is 9.80 Å². The Hall–Kier alpha value is -1.75. The number of carbonyl (C=O) groups is 2. The van der Waals surface area contributed by atoms with Gasteiger partial charge in [0.05, 0.1) is 11.9 Å². The van der Waals surface area contributed by atoms with Crippen molar-refractivity contribution in [2.24, 2.45) is 0 Å². The Morgan fingerprint density at radius 3 is 2.68 bits per heavy atom. The molecule has 106 valence electrons. The molecule has 0 aliphatic carbocycles. The lowest BCUT2D eigenvalue weighted by molar-refractivity contribution is -0.139. The van der Waals surface area contributed by atoms with Crippen molar-refractivity contribution in [2.75, 3.05) is 17.3 Å². The number of carboxylic acid groups (broad SMARTS) is 1. The van der Waals surface area contributed by atoms with Crippen LogP contribution in [0.5, 0.6) is 0 Å². The summed E-state index contributed by atoms with van der Waals surface area (Å²) in [7, 11) is -3.29. The average Bonchev–Trinajstić information content (AvgIpc) is 2.75. The second-order valence-corrected chi connectivity index (χ2v) is 6.74. The van der Waals surface area contributed by atoms with Gasteiger partial charge in [-0.2, -0.15) is 0 Å². The Kier molecular flexibility index (Phi) is 5.18. The third kappa shape index (κ3) is 6.10. The highest BCUT2D eigenvalue weighted by Crippen LogP contribution is 2.08. The van der Waals surface area contributed by atoms with Crippen molar-refractivity contribution in [2.45, 2.75) is 12.5 Å². The summed E-state index contributed by atoms with van der Waals surface area (Å²) in [4.78, 5) is 22.4. The average molecular weight is 308 g/mol. The molecule has 0 aromatic carbocycles. The standard InChI is InChI=1S/C8H12N4O5S2/c1-19(16,17)3-2-5(7(13)14)10-8(15)11-6-4-9-12-18-6/h4-5H,2-3H2,1H3,(H,13,14)(H2,10,11,15). The van der Waals surface area contributed by atoms with E-state index in [0.717, 1.165) is 17.8 Å². The summed E-state index contributed by atoms with van der Waals surface area (Å²) in [5, 5.41) is 17.2. The van der Waals surface area contributed by atoms with Crippen LogP contribution in [-0.2, 0) is 14.6 Å². The molecule has 1 unspecified atom stereocenters. The van der Waals surface area contributed by atoms with E-state index in [0.29, 0.717) is 5.00 Å². The third-order valence-electron chi connectivity index (χ3n) is 1.98. The van der Waals surface area contributed by atoms with E-state index in [1.807, 2.05) is 0 Å². The van der Waals surface area contributed by atoms with Crippen LogP contribution in [0.15, 0.2) is 6.20 Å². The molecular weight excluding hydrogens is 296 g/mol. The number of sulfone groups is 1. The summed E-state index contributed by atoms with van der Waals surface area (Å²) in [5.41, 5.74) is 0. The zero-order chi connectivity index (χ0) is 14.5. The van der Waals surface area contributed by atoms with Gasteiger partial charge in [-0.3, -0.25) is 5.32 Å². The first-order valence-corrected chi connectivity index (χ1v) is 7.87. The number of nitrogens with zero attached hydrogens (tertiary/aromatic N) is 2. The maximum absolute atomic E-state index is 11.5. The number of rotatable bonds is 6. The van der Waals surface area contributed by atoms with Gasteiger partial charge in [-0.05, 0) is 6.42 Å². The van der Waals surface area contributed by atoms with Crippen LogP contribution in [0.1, 0.15) is 6.42 Å². The minimum Gasteiger partial charge on any atom is -0.480 e. The number of aliphatic carboxylic acids is 1. The van der Waals surface area contributed by atoms with E-state index in [9.17, 15) is 18.0 Å². The topological polar surface area (TPSA) is 138 Å². The first-order valence-electron chi connectivity index (χ1n) is 5.03. The zero-order valence-corrected chi connectivity index (χ0v) is 11.5. The van der Waals surface area contributed by atoms with Gasteiger partial charge >= 0.3 is 12.0 Å². The van der Waals surface area contributed by atoms with Crippen molar-refractivity contribution < 1.29 is 23.1 Å². The van der Waals surface area contributed by atoms with E-state index >= 15 is 0 Å². The van der Waals surface area contributed by atoms with Gasteiger partial charge in [-0.15, -0.1) is 5.10 Å². The van der Waals surface area contributed by atoms with Crippen molar-refractivity contribution in [1.29, 1.82) is 0 Å². The van der Waals surface area contributed by atoms with E-state index in [2.05, 4.69) is 20.2 Å². The predicted octanol–water partition coefficient (Wildman–Crippen LogP) is -0.453. The normalized spacial score (nSPS) is 12.7. The molecule has 0 aliphatic rings. The summed E-state index contributed by atoms with van der Waals surface area (Å²) in [6.07, 6.45) is 2.09. The molecule has 0 spiro atoms. The highest BCUT2D eigenvalue weighted by atomic mass is 32.2. The molecule has 1 atom stereocenters. The minimum absolute atomic E-state index is 0.206. The number of carboxylic acids is 1. The molecule has 19 heavy (non-hydrogen) atoms. The molecule has 9 nitrogen and oxygen atoms in total. The van der Waals surface area contributed by atoms with Gasteiger partial charge < -0.3 is 10.4 Å². The second kappa shape index (κ2) is 6.43. The van der Waals surface area contributed by atoms with Crippen molar-refractivity contribution in [1.82, 2.24) is 14.9 Å². The third-order valence-corrected chi connectivity index (χ3v) is 3.54. The van der Waals surface area contributed by atoms with Crippen LogP contribution in [0.2, 0.25) is 0 Å². The number of aromatic nitrogens is 2. The fourth-order valence-corrected chi connectivity index (χ4v) is 2.20. The van der Waals surface area contributed by atoms with Gasteiger partial charge in [-0.25, -0.2) is 18.0 Å². The van der Waals surface area contributed by atoms with Gasteiger partial charge in [0, 0.05) is 17.8 Å². The first-order chi connectivity index (χ1) is 8.78. The van der Waals surface area contributed by atoms with Crippen molar-refractivity contribution in [3.05, 3.63) is 6.20 Å². The van der Waals surface area contributed by atoms with Crippen molar-refractivity contribution in [3.8, 4) is 0 Å². The molecule has 0 aliphatic heterocycles. The number of nitrogens with one attached hydrogen (secondary N) is 2. The number of hydrogen-bond donors (Lipinski definition) is 3. The fourth-order valence-electron chi connectivity index (χ4n) is 1.12. The van der Waals surface area contributed by atoms with E-state index in [1.165, 1.54) is 6.20 Å². The van der Waals surface area contributed by atoms with Crippen LogP contribution in [0, 0.1) is 0 Å². The quantitative estimate of drug-likeness (QED) is 0.646. The molecule has 1 rings (SSSR count). The molecule has 0 radical (unpaired) electrons. The van der Waals surface area contributed by atoms with Crippen molar-refractivity contribution >= 4 is 38.4 Å². The lowest BCUT2D eigenvalue weighted by Gasteiger charge is -2.13. The van der Waals surface area contributed by atoms with Crippen LogP contribution in [-0.4, -0.2) is 53.2 Å². The number of hydrogen-bond acceptors (Lipinski definition) is 7. The largest absolute Gasteiger partial charge is 0.480 e. The Bertz CT molecular complexity index is 541. The second-order valence-electron chi connectivity index (χ2n) is 3.69. The lowest BCUT2D eigenvalue weighted by atomic mass is 10.2. The van der Waals surface area contributed by atoms with Gasteiger partial charge in [0.2, 0.25) is 0 Å². The van der Waals surface area contributed by atoms with Gasteiger partial charge in [0.1, 0.15) is 20.9 Å². The van der Waals surface area contributed by atoms with Crippen LogP contribution in [0.25, 0.3) is 0 Å². The summed E-state index contributed by atoms with van der Waals surface area (Å²) in [6, 6.07) is -2.04.